The Balaban J connectivity index is 1.54. The highest BCUT2D eigenvalue weighted by molar-refractivity contribution is 6.12. The summed E-state index contributed by atoms with van der Waals surface area (Å²) in [5.41, 5.74) is 0.00446. The minimum absolute atomic E-state index is 0.00186. The van der Waals surface area contributed by atoms with E-state index in [9.17, 15) is 50.0 Å². The van der Waals surface area contributed by atoms with Crippen LogP contribution in [0.15, 0.2) is 103 Å². The van der Waals surface area contributed by atoms with Gasteiger partial charge in [0.05, 0.1) is 67.3 Å². The van der Waals surface area contributed by atoms with E-state index in [4.69, 9.17) is 0 Å². The summed E-state index contributed by atoms with van der Waals surface area (Å²) >= 11 is 0. The number of benzene rings is 6. The van der Waals surface area contributed by atoms with Crippen LogP contribution in [0.2, 0.25) is 0 Å². The van der Waals surface area contributed by atoms with Crippen molar-refractivity contribution in [2.24, 2.45) is 0 Å². The quantitative estimate of drug-likeness (QED) is 0.168. The van der Waals surface area contributed by atoms with Crippen LogP contribution in [0.25, 0.3) is 66.1 Å². The first-order valence-corrected chi connectivity index (χ1v) is 16.8. The molecule has 0 fully saturated rings. The Labute approximate surface area is 311 Å². The molecule has 0 aliphatic rings. The van der Waals surface area contributed by atoms with Crippen molar-refractivity contribution in [3.8, 4) is 34.6 Å². The lowest BCUT2D eigenvalue weighted by atomic mass is 9.94. The van der Waals surface area contributed by atoms with Gasteiger partial charge in [-0.2, -0.15) is 50.0 Å². The Hall–Kier alpha value is -6.73. The van der Waals surface area contributed by atoms with Crippen LogP contribution in [0, 0.1) is 36.5 Å². The maximum absolute atomic E-state index is 14.0. The average molecular weight is 767 g/mol. The van der Waals surface area contributed by atoms with Crippen LogP contribution >= 0.6 is 0 Å². The van der Waals surface area contributed by atoms with E-state index in [2.05, 4.69) is 6.07 Å². The molecule has 13 heteroatoms. The van der Waals surface area contributed by atoms with Crippen LogP contribution in [-0.2, 0) is 18.5 Å². The molecule has 2 aromatic heterocycles. The summed E-state index contributed by atoms with van der Waals surface area (Å²) in [4.78, 5) is 0. The number of fused-ring (bicyclic) bond motifs is 6. The fourth-order valence-corrected chi connectivity index (χ4v) is 7.45. The van der Waals surface area contributed by atoms with Gasteiger partial charge in [0, 0.05) is 32.7 Å². The van der Waals surface area contributed by atoms with E-state index in [1.807, 2.05) is 60.9 Å². The number of nitrogens with zero attached hydrogens (tertiary/aromatic N) is 4. The molecule has 0 bridgehead atoms. The number of halogens is 9. The number of hydrogen-bond acceptors (Lipinski definition) is 2. The van der Waals surface area contributed by atoms with Gasteiger partial charge in [-0.05, 0) is 98.8 Å². The lowest BCUT2D eigenvalue weighted by Gasteiger charge is -2.20. The molecule has 0 N–H and O–H groups in total. The number of alkyl halides is 9. The molecule has 8 rings (SSSR count). The molecule has 0 radical (unpaired) electrons. The molecule has 0 saturated heterocycles. The Morgan fingerprint density at radius 3 is 1.25 bits per heavy atom. The second-order valence-corrected chi connectivity index (χ2v) is 13.5. The highest BCUT2D eigenvalue weighted by Gasteiger charge is 2.35. The van der Waals surface area contributed by atoms with Crippen molar-refractivity contribution in [2.45, 2.75) is 32.4 Å². The normalized spacial score (nSPS) is 12.5. The van der Waals surface area contributed by atoms with Crippen molar-refractivity contribution in [3.05, 3.63) is 142 Å². The third-order valence-electron chi connectivity index (χ3n) is 9.97. The van der Waals surface area contributed by atoms with Gasteiger partial charge < -0.3 is 9.13 Å². The van der Waals surface area contributed by atoms with Gasteiger partial charge in [0.1, 0.15) is 6.07 Å². The van der Waals surface area contributed by atoms with Crippen molar-refractivity contribution in [3.63, 3.8) is 0 Å². The Morgan fingerprint density at radius 1 is 0.411 bits per heavy atom. The largest absolute Gasteiger partial charge is 0.416 e. The third-order valence-corrected chi connectivity index (χ3v) is 9.97. The second kappa shape index (κ2) is 12.4. The lowest BCUT2D eigenvalue weighted by molar-refractivity contribution is -0.138. The van der Waals surface area contributed by atoms with Crippen molar-refractivity contribution in [1.82, 2.24) is 9.13 Å². The van der Waals surface area contributed by atoms with Crippen LogP contribution in [-0.4, -0.2) is 9.13 Å². The van der Waals surface area contributed by atoms with E-state index < -0.39 is 35.2 Å². The average Bonchev–Trinajstić information content (AvgIpc) is 3.64. The van der Waals surface area contributed by atoms with Crippen LogP contribution < -0.4 is 0 Å². The first-order valence-electron chi connectivity index (χ1n) is 16.8. The molecule has 0 saturated carbocycles. The zero-order valence-electron chi connectivity index (χ0n) is 29.0. The van der Waals surface area contributed by atoms with Crippen LogP contribution in [0.5, 0.6) is 0 Å². The van der Waals surface area contributed by atoms with E-state index in [1.165, 1.54) is 16.7 Å². The molecule has 0 unspecified atom stereocenters. The molecule has 0 spiro atoms. The SMILES string of the molecule is Cc1ccc2c(c1)c1cc(C)ccc1n2-c1cc(C#N)c(-n2c3ccc(C(F)(F)F)cc3c3cc(C(F)(F)F)ccc32)cc1-c1ccc(C(F)(F)F)cc1C#N. The number of hydrogen-bond donors (Lipinski definition) is 0. The summed E-state index contributed by atoms with van der Waals surface area (Å²) < 4.78 is 129. The van der Waals surface area contributed by atoms with E-state index in [0.29, 0.717) is 17.1 Å². The maximum atomic E-state index is 14.0. The molecule has 278 valence electrons. The van der Waals surface area contributed by atoms with Crippen molar-refractivity contribution in [1.29, 1.82) is 10.5 Å². The van der Waals surface area contributed by atoms with Gasteiger partial charge in [-0.3, -0.25) is 0 Å². The van der Waals surface area contributed by atoms with Crippen LogP contribution in [0.3, 0.4) is 0 Å². The van der Waals surface area contributed by atoms with Crippen molar-refractivity contribution < 1.29 is 39.5 Å². The number of rotatable bonds is 3. The van der Waals surface area contributed by atoms with E-state index >= 15 is 0 Å². The number of nitriles is 2. The van der Waals surface area contributed by atoms with Gasteiger partial charge in [-0.25, -0.2) is 0 Å². The third kappa shape index (κ3) is 5.78. The molecule has 2 heterocycles. The van der Waals surface area contributed by atoms with Crippen LogP contribution in [0.4, 0.5) is 39.5 Å². The zero-order chi connectivity index (χ0) is 40.1. The first kappa shape index (κ1) is 36.3. The van der Waals surface area contributed by atoms with Crippen molar-refractivity contribution >= 4 is 43.6 Å². The summed E-state index contributed by atoms with van der Waals surface area (Å²) in [6.07, 6.45) is -14.5. The number of aryl methyl sites for hydroxylation is 2. The predicted octanol–water partition coefficient (Wildman–Crippen LogP) is 13.0. The summed E-state index contributed by atoms with van der Waals surface area (Å²) in [6.45, 7) is 3.82. The van der Waals surface area contributed by atoms with Gasteiger partial charge in [-0.1, -0.05) is 29.3 Å². The fourth-order valence-electron chi connectivity index (χ4n) is 7.45. The zero-order valence-corrected chi connectivity index (χ0v) is 29.0. The second-order valence-electron chi connectivity index (χ2n) is 13.5. The van der Waals surface area contributed by atoms with Crippen LogP contribution in [0.1, 0.15) is 38.9 Å². The predicted molar refractivity (Wildman–Crippen MR) is 194 cm³/mol. The fraction of sp³-hybridized carbons (Fsp3) is 0.116. The molecular weight excluding hydrogens is 743 g/mol. The summed E-state index contributed by atoms with van der Waals surface area (Å²) in [5, 5.41) is 22.3. The first-order chi connectivity index (χ1) is 26.4. The Bertz CT molecular complexity index is 2910. The van der Waals surface area contributed by atoms with E-state index in [-0.39, 0.29) is 55.4 Å². The Morgan fingerprint density at radius 2 is 0.804 bits per heavy atom. The lowest BCUT2D eigenvalue weighted by Crippen LogP contribution is -2.07. The van der Waals surface area contributed by atoms with Crippen molar-refractivity contribution in [2.75, 3.05) is 0 Å². The number of aromatic nitrogens is 2. The minimum Gasteiger partial charge on any atom is -0.309 e. The van der Waals surface area contributed by atoms with E-state index in [0.717, 1.165) is 70.4 Å². The molecule has 0 atom stereocenters. The molecule has 0 amide bonds. The molecule has 56 heavy (non-hydrogen) atoms. The highest BCUT2D eigenvalue weighted by atomic mass is 19.4. The van der Waals surface area contributed by atoms with Gasteiger partial charge >= 0.3 is 18.5 Å². The molecule has 4 nitrogen and oxygen atoms in total. The minimum atomic E-state index is -4.84. The van der Waals surface area contributed by atoms with Gasteiger partial charge in [0.15, 0.2) is 0 Å². The molecular formula is C43H23F9N4. The van der Waals surface area contributed by atoms with Gasteiger partial charge in [-0.15, -0.1) is 0 Å². The monoisotopic (exact) mass is 766 g/mol. The molecule has 0 aliphatic heterocycles. The smallest absolute Gasteiger partial charge is 0.309 e. The molecule has 6 aromatic carbocycles. The molecule has 8 aromatic rings. The standard InChI is InChI=1S/C43H23F9N4/c1-22-3-9-35-30(13-22)31-14-23(2)4-10-36(31)56(35)40-16-25(21-54)39(19-34(40)29-8-5-26(41(44,45)46)15-24(29)20-53)55-37-11-6-27(42(47,48)49)17-32(37)33-18-28(43(50,51)52)7-12-38(33)55/h3-19H,1-2H3. The summed E-state index contributed by atoms with van der Waals surface area (Å²) in [7, 11) is 0. The highest BCUT2D eigenvalue weighted by Crippen LogP contribution is 2.44. The summed E-state index contributed by atoms with van der Waals surface area (Å²) in [5.74, 6) is 0. The van der Waals surface area contributed by atoms with Gasteiger partial charge in [0.2, 0.25) is 0 Å². The van der Waals surface area contributed by atoms with E-state index in [1.54, 1.807) is 0 Å². The molecule has 0 aliphatic carbocycles. The topological polar surface area (TPSA) is 57.4 Å². The summed E-state index contributed by atoms with van der Waals surface area (Å²) in [6, 6.07) is 26.1. The Kier molecular flexibility index (Phi) is 8.03. The van der Waals surface area contributed by atoms with Gasteiger partial charge in [0.25, 0.3) is 0 Å². The maximum Gasteiger partial charge on any atom is 0.416 e.